The van der Waals surface area contributed by atoms with Crippen molar-refractivity contribution in [3.05, 3.63) is 29.6 Å². The molecule has 4 nitrogen and oxygen atoms in total. The van der Waals surface area contributed by atoms with Crippen molar-refractivity contribution in [2.45, 2.75) is 33.2 Å². The highest BCUT2D eigenvalue weighted by atomic mass is 19.1. The summed E-state index contributed by atoms with van der Waals surface area (Å²) in [7, 11) is 0. The van der Waals surface area contributed by atoms with Crippen molar-refractivity contribution in [3.63, 3.8) is 0 Å². The van der Waals surface area contributed by atoms with Gasteiger partial charge in [-0.2, -0.15) is 0 Å². The van der Waals surface area contributed by atoms with Crippen LogP contribution in [0.5, 0.6) is 0 Å². The molecule has 1 aliphatic heterocycles. The molecule has 1 aromatic rings. The number of nitrogens with zero attached hydrogens (tertiary/aromatic N) is 1. The van der Waals surface area contributed by atoms with E-state index in [0.717, 1.165) is 0 Å². The van der Waals surface area contributed by atoms with Gasteiger partial charge in [-0.15, -0.1) is 0 Å². The summed E-state index contributed by atoms with van der Waals surface area (Å²) in [5.41, 5.74) is 6.06. The molecule has 1 fully saturated rings. The summed E-state index contributed by atoms with van der Waals surface area (Å²) in [5.74, 6) is -0.902. The van der Waals surface area contributed by atoms with Crippen LogP contribution in [0.1, 0.15) is 32.3 Å². The van der Waals surface area contributed by atoms with E-state index in [-0.39, 0.29) is 29.5 Å². The van der Waals surface area contributed by atoms with E-state index >= 15 is 0 Å². The van der Waals surface area contributed by atoms with Crippen molar-refractivity contribution in [1.29, 1.82) is 0 Å². The molecule has 1 saturated heterocycles. The van der Waals surface area contributed by atoms with Crippen molar-refractivity contribution in [2.75, 3.05) is 5.73 Å². The Morgan fingerprint density at radius 3 is 2.32 bits per heavy atom. The number of amides is 2. The number of halogens is 1. The first-order chi connectivity index (χ1) is 8.77. The Labute approximate surface area is 111 Å². The number of piperidine rings is 1. The van der Waals surface area contributed by atoms with Crippen LogP contribution in [0.25, 0.3) is 0 Å². The molecule has 1 aromatic carbocycles. The maximum Gasteiger partial charge on any atom is 0.230 e. The quantitative estimate of drug-likeness (QED) is 0.657. The molecule has 2 amide bonds. The van der Waals surface area contributed by atoms with Gasteiger partial charge < -0.3 is 5.73 Å². The summed E-state index contributed by atoms with van der Waals surface area (Å²) in [6.07, 6.45) is 0.646. The lowest BCUT2D eigenvalue weighted by Gasteiger charge is -2.34. The minimum atomic E-state index is -0.466. The second-order valence-electron chi connectivity index (χ2n) is 5.78. The van der Waals surface area contributed by atoms with E-state index in [4.69, 9.17) is 5.73 Å². The number of carbonyl (C=O) groups excluding carboxylic acids is 2. The van der Waals surface area contributed by atoms with Gasteiger partial charge >= 0.3 is 0 Å². The summed E-state index contributed by atoms with van der Waals surface area (Å²) < 4.78 is 13.2. The second kappa shape index (κ2) is 4.64. The molecular weight excluding hydrogens is 247 g/mol. The predicted molar refractivity (Wildman–Crippen MR) is 69.4 cm³/mol. The molecule has 0 bridgehead atoms. The summed E-state index contributed by atoms with van der Waals surface area (Å²) in [4.78, 5) is 25.1. The van der Waals surface area contributed by atoms with Gasteiger partial charge in [-0.1, -0.05) is 13.8 Å². The molecule has 1 heterocycles. The molecule has 0 spiro atoms. The molecule has 0 unspecified atom stereocenters. The lowest BCUT2D eigenvalue weighted by atomic mass is 9.81. The van der Waals surface area contributed by atoms with Crippen molar-refractivity contribution in [1.82, 2.24) is 4.90 Å². The number of rotatable bonds is 2. The molecule has 2 rings (SSSR count). The van der Waals surface area contributed by atoms with Crippen LogP contribution >= 0.6 is 0 Å². The lowest BCUT2D eigenvalue weighted by molar-refractivity contribution is -0.153. The molecule has 1 aliphatic rings. The van der Waals surface area contributed by atoms with Gasteiger partial charge in [0.1, 0.15) is 5.82 Å². The number of carbonyl (C=O) groups is 2. The van der Waals surface area contributed by atoms with Gasteiger partial charge in [-0.3, -0.25) is 14.5 Å². The summed E-state index contributed by atoms with van der Waals surface area (Å²) in [6, 6.07) is 4.06. The van der Waals surface area contributed by atoms with Crippen LogP contribution in [-0.2, 0) is 16.1 Å². The highest BCUT2D eigenvalue weighted by Gasteiger charge is 2.37. The Kier molecular flexibility index (Phi) is 3.30. The average molecular weight is 264 g/mol. The fraction of sp³-hybridized carbons (Fsp3) is 0.429. The zero-order chi connectivity index (χ0) is 14.2. The maximum absolute atomic E-state index is 13.2. The monoisotopic (exact) mass is 264 g/mol. The molecule has 0 aromatic heterocycles. The van der Waals surface area contributed by atoms with E-state index in [0.29, 0.717) is 18.4 Å². The van der Waals surface area contributed by atoms with E-state index in [1.165, 1.54) is 17.0 Å². The second-order valence-corrected chi connectivity index (χ2v) is 5.78. The van der Waals surface area contributed by atoms with Gasteiger partial charge in [0.25, 0.3) is 0 Å². The minimum absolute atomic E-state index is 0.0791. The Hall–Kier alpha value is -1.91. The van der Waals surface area contributed by atoms with Crippen LogP contribution in [0, 0.1) is 11.2 Å². The number of imide groups is 1. The fourth-order valence-corrected chi connectivity index (χ4v) is 2.34. The Morgan fingerprint density at radius 1 is 1.21 bits per heavy atom. The molecule has 5 heteroatoms. The Morgan fingerprint density at radius 2 is 1.79 bits per heavy atom. The van der Waals surface area contributed by atoms with Crippen LogP contribution in [-0.4, -0.2) is 16.7 Å². The average Bonchev–Trinajstić information content (AvgIpc) is 2.20. The summed E-state index contributed by atoms with van der Waals surface area (Å²) >= 11 is 0. The SMILES string of the molecule is CC1(C)CC(=O)N(Cc2cc(N)cc(F)c2)C(=O)C1. The van der Waals surface area contributed by atoms with Gasteiger partial charge in [0.15, 0.2) is 0 Å². The molecule has 102 valence electrons. The highest BCUT2D eigenvalue weighted by Crippen LogP contribution is 2.32. The van der Waals surface area contributed by atoms with E-state index in [9.17, 15) is 14.0 Å². The third-order valence-electron chi connectivity index (χ3n) is 3.18. The third-order valence-corrected chi connectivity index (χ3v) is 3.18. The number of nitrogens with two attached hydrogens (primary N) is 1. The normalized spacial score (nSPS) is 18.8. The number of anilines is 1. The number of hydrogen-bond donors (Lipinski definition) is 1. The standard InChI is InChI=1S/C14H17FN2O2/c1-14(2)6-12(18)17(13(19)7-14)8-9-3-10(15)5-11(16)4-9/h3-5H,6-8,16H2,1-2H3. The van der Waals surface area contributed by atoms with Gasteiger partial charge in [0.2, 0.25) is 11.8 Å². The first kappa shape index (κ1) is 13.5. The van der Waals surface area contributed by atoms with Gasteiger partial charge in [0, 0.05) is 18.5 Å². The smallest absolute Gasteiger partial charge is 0.230 e. The molecule has 0 atom stereocenters. The van der Waals surface area contributed by atoms with Crippen LogP contribution in [0.3, 0.4) is 0 Å². The van der Waals surface area contributed by atoms with Crippen LogP contribution in [0.15, 0.2) is 18.2 Å². The number of benzene rings is 1. The Balaban J connectivity index is 2.19. The first-order valence-electron chi connectivity index (χ1n) is 6.15. The Bertz CT molecular complexity index is 500. The van der Waals surface area contributed by atoms with Crippen LogP contribution < -0.4 is 5.73 Å². The van der Waals surface area contributed by atoms with Crippen molar-refractivity contribution in [2.24, 2.45) is 5.41 Å². The van der Waals surface area contributed by atoms with Gasteiger partial charge in [-0.05, 0) is 29.2 Å². The number of nitrogen functional groups attached to an aromatic ring is 1. The van der Waals surface area contributed by atoms with E-state index in [1.807, 2.05) is 13.8 Å². The molecule has 2 N–H and O–H groups in total. The van der Waals surface area contributed by atoms with Gasteiger partial charge in [0.05, 0.1) is 6.54 Å². The lowest BCUT2D eigenvalue weighted by Crippen LogP contribution is -2.45. The summed E-state index contributed by atoms with van der Waals surface area (Å²) in [6.45, 7) is 3.86. The molecule has 19 heavy (non-hydrogen) atoms. The van der Waals surface area contributed by atoms with Crippen molar-refractivity contribution < 1.29 is 14.0 Å². The first-order valence-corrected chi connectivity index (χ1v) is 6.15. The fourth-order valence-electron chi connectivity index (χ4n) is 2.34. The van der Waals surface area contributed by atoms with Crippen molar-refractivity contribution >= 4 is 17.5 Å². The zero-order valence-corrected chi connectivity index (χ0v) is 11.1. The van der Waals surface area contributed by atoms with Crippen LogP contribution in [0.2, 0.25) is 0 Å². The molecule has 0 radical (unpaired) electrons. The molecule has 0 saturated carbocycles. The highest BCUT2D eigenvalue weighted by molar-refractivity contribution is 5.98. The minimum Gasteiger partial charge on any atom is -0.399 e. The maximum atomic E-state index is 13.2. The zero-order valence-electron chi connectivity index (χ0n) is 11.1. The molecule has 0 aliphatic carbocycles. The van der Waals surface area contributed by atoms with E-state index in [1.54, 1.807) is 6.07 Å². The molecular formula is C14H17FN2O2. The number of hydrogen-bond acceptors (Lipinski definition) is 3. The van der Waals surface area contributed by atoms with E-state index < -0.39 is 5.82 Å². The largest absolute Gasteiger partial charge is 0.399 e. The van der Waals surface area contributed by atoms with Crippen LogP contribution in [0.4, 0.5) is 10.1 Å². The van der Waals surface area contributed by atoms with Crippen molar-refractivity contribution in [3.8, 4) is 0 Å². The number of likely N-dealkylation sites (tertiary alicyclic amines) is 1. The van der Waals surface area contributed by atoms with E-state index in [2.05, 4.69) is 0 Å². The summed E-state index contributed by atoms with van der Waals surface area (Å²) in [5, 5.41) is 0. The third kappa shape index (κ3) is 3.10. The van der Waals surface area contributed by atoms with Gasteiger partial charge in [-0.25, -0.2) is 4.39 Å². The predicted octanol–water partition coefficient (Wildman–Crippen LogP) is 2.08. The topological polar surface area (TPSA) is 63.4 Å².